The SMILES string of the molecule is C=S1(=O)CCC(COC(C)C)CC1. The molecule has 0 unspecified atom stereocenters. The Morgan fingerprint density at radius 1 is 1.46 bits per heavy atom. The van der Waals surface area contributed by atoms with E-state index in [9.17, 15) is 4.21 Å². The summed E-state index contributed by atoms with van der Waals surface area (Å²) in [5.41, 5.74) is 0. The van der Waals surface area contributed by atoms with Crippen LogP contribution >= 0.6 is 0 Å². The molecule has 0 N–H and O–H groups in total. The molecule has 0 atom stereocenters. The lowest BCUT2D eigenvalue weighted by molar-refractivity contribution is 0.0489. The van der Waals surface area contributed by atoms with Crippen molar-refractivity contribution in [3.8, 4) is 0 Å². The van der Waals surface area contributed by atoms with E-state index in [1.165, 1.54) is 0 Å². The quantitative estimate of drug-likeness (QED) is 0.652. The first-order chi connectivity index (χ1) is 5.99. The van der Waals surface area contributed by atoms with Gasteiger partial charge in [-0.15, -0.1) is 0 Å². The summed E-state index contributed by atoms with van der Waals surface area (Å²) < 4.78 is 17.1. The maximum atomic E-state index is 11.5. The molecule has 0 saturated carbocycles. The molecule has 0 radical (unpaired) electrons. The summed E-state index contributed by atoms with van der Waals surface area (Å²) >= 11 is 0. The van der Waals surface area contributed by atoms with Crippen LogP contribution in [0.5, 0.6) is 0 Å². The fourth-order valence-electron chi connectivity index (χ4n) is 1.50. The summed E-state index contributed by atoms with van der Waals surface area (Å²) in [5, 5.41) is 0. The standard InChI is InChI=1S/C10H20O2S/c1-9(2)12-8-10-4-6-13(3,11)7-5-10/h9-10H,3-8H2,1-2H3. The predicted molar refractivity (Wildman–Crippen MR) is 58.8 cm³/mol. The molecule has 1 saturated heterocycles. The highest BCUT2D eigenvalue weighted by Crippen LogP contribution is 2.19. The van der Waals surface area contributed by atoms with Gasteiger partial charge in [-0.2, -0.15) is 0 Å². The summed E-state index contributed by atoms with van der Waals surface area (Å²) in [4.78, 5) is 0. The molecule has 0 aromatic carbocycles. The third kappa shape index (κ3) is 4.14. The van der Waals surface area contributed by atoms with Crippen molar-refractivity contribution in [2.75, 3.05) is 18.1 Å². The van der Waals surface area contributed by atoms with Gasteiger partial charge in [-0.3, -0.25) is 4.21 Å². The van der Waals surface area contributed by atoms with E-state index in [1.54, 1.807) is 0 Å². The predicted octanol–water partition coefficient (Wildman–Crippen LogP) is 1.54. The molecule has 1 heterocycles. The second kappa shape index (κ2) is 4.47. The van der Waals surface area contributed by atoms with Crippen LogP contribution in [0.1, 0.15) is 26.7 Å². The maximum Gasteiger partial charge on any atom is 0.0519 e. The molecule has 78 valence electrons. The van der Waals surface area contributed by atoms with Gasteiger partial charge in [0.25, 0.3) is 0 Å². The van der Waals surface area contributed by atoms with Gasteiger partial charge in [0.2, 0.25) is 0 Å². The number of hydrogen-bond acceptors (Lipinski definition) is 2. The van der Waals surface area contributed by atoms with E-state index in [4.69, 9.17) is 4.74 Å². The van der Waals surface area contributed by atoms with Gasteiger partial charge in [-0.05, 0) is 48.0 Å². The van der Waals surface area contributed by atoms with Crippen LogP contribution in [0.4, 0.5) is 0 Å². The van der Waals surface area contributed by atoms with Crippen molar-refractivity contribution >= 4 is 15.4 Å². The number of hydrogen-bond donors (Lipinski definition) is 0. The second-order valence-electron chi connectivity index (χ2n) is 4.20. The molecule has 0 aromatic rings. The van der Waals surface area contributed by atoms with Gasteiger partial charge in [0.05, 0.1) is 6.10 Å². The van der Waals surface area contributed by atoms with Gasteiger partial charge in [-0.1, -0.05) is 0 Å². The highest BCUT2D eigenvalue weighted by molar-refractivity contribution is 8.00. The molecule has 13 heavy (non-hydrogen) atoms. The molecule has 1 aliphatic rings. The van der Waals surface area contributed by atoms with E-state index in [0.717, 1.165) is 31.0 Å². The van der Waals surface area contributed by atoms with Crippen molar-refractivity contribution in [2.24, 2.45) is 5.92 Å². The van der Waals surface area contributed by atoms with Crippen molar-refractivity contribution in [1.82, 2.24) is 0 Å². The molecule has 3 heteroatoms. The van der Waals surface area contributed by atoms with Gasteiger partial charge in [0.15, 0.2) is 0 Å². The lowest BCUT2D eigenvalue weighted by Gasteiger charge is -2.25. The number of rotatable bonds is 3. The largest absolute Gasteiger partial charge is 0.379 e. The van der Waals surface area contributed by atoms with Crippen LogP contribution in [-0.4, -0.2) is 34.3 Å². The van der Waals surface area contributed by atoms with E-state index in [-0.39, 0.29) is 0 Å². The van der Waals surface area contributed by atoms with Gasteiger partial charge < -0.3 is 4.74 Å². The van der Waals surface area contributed by atoms with E-state index in [2.05, 4.69) is 5.87 Å². The van der Waals surface area contributed by atoms with Crippen molar-refractivity contribution in [2.45, 2.75) is 32.8 Å². The van der Waals surface area contributed by atoms with Gasteiger partial charge in [0.1, 0.15) is 0 Å². The molecule has 1 fully saturated rings. The van der Waals surface area contributed by atoms with Gasteiger partial charge >= 0.3 is 0 Å². The van der Waals surface area contributed by atoms with Crippen molar-refractivity contribution in [3.63, 3.8) is 0 Å². The first-order valence-electron chi connectivity index (χ1n) is 4.94. The third-order valence-electron chi connectivity index (χ3n) is 2.46. The minimum absolute atomic E-state index is 0.311. The molecular weight excluding hydrogens is 184 g/mol. The highest BCUT2D eigenvalue weighted by Gasteiger charge is 2.19. The monoisotopic (exact) mass is 204 g/mol. The minimum atomic E-state index is -1.71. The lowest BCUT2D eigenvalue weighted by atomic mass is 10.0. The zero-order chi connectivity index (χ0) is 9.90. The lowest BCUT2D eigenvalue weighted by Crippen LogP contribution is -2.26. The van der Waals surface area contributed by atoms with Crippen LogP contribution in [0.15, 0.2) is 0 Å². The summed E-state index contributed by atoms with van der Waals surface area (Å²) in [6, 6.07) is 0. The first kappa shape index (κ1) is 11.1. The summed E-state index contributed by atoms with van der Waals surface area (Å²) in [7, 11) is -1.71. The number of ether oxygens (including phenoxy) is 1. The van der Waals surface area contributed by atoms with Crippen LogP contribution in [0, 0.1) is 5.92 Å². The maximum absolute atomic E-state index is 11.5. The van der Waals surface area contributed by atoms with E-state index in [1.807, 2.05) is 13.8 Å². The smallest absolute Gasteiger partial charge is 0.0519 e. The molecule has 0 spiro atoms. The summed E-state index contributed by atoms with van der Waals surface area (Å²) in [6.07, 6.45) is 2.36. The van der Waals surface area contributed by atoms with E-state index < -0.39 is 9.52 Å². The Kier molecular flexibility index (Phi) is 3.80. The summed E-state index contributed by atoms with van der Waals surface area (Å²) in [6.45, 7) is 4.92. The van der Waals surface area contributed by atoms with Crippen molar-refractivity contribution in [1.29, 1.82) is 0 Å². The van der Waals surface area contributed by atoms with Crippen molar-refractivity contribution < 1.29 is 8.95 Å². The van der Waals surface area contributed by atoms with E-state index in [0.29, 0.717) is 12.0 Å². The van der Waals surface area contributed by atoms with Crippen LogP contribution in [0.2, 0.25) is 0 Å². The second-order valence-corrected chi connectivity index (χ2v) is 6.95. The third-order valence-corrected chi connectivity index (χ3v) is 4.42. The fraction of sp³-hybridized carbons (Fsp3) is 0.900. The average Bonchev–Trinajstić information content (AvgIpc) is 2.02. The van der Waals surface area contributed by atoms with E-state index >= 15 is 0 Å². The average molecular weight is 204 g/mol. The molecule has 2 nitrogen and oxygen atoms in total. The first-order valence-corrected chi connectivity index (χ1v) is 7.00. The molecule has 0 aliphatic carbocycles. The molecular formula is C10H20O2S. The molecule has 0 aromatic heterocycles. The Labute approximate surface area is 81.7 Å². The Balaban J connectivity index is 2.26. The van der Waals surface area contributed by atoms with Crippen LogP contribution in [-0.2, 0) is 14.3 Å². The molecule has 1 rings (SSSR count). The zero-order valence-electron chi connectivity index (χ0n) is 8.62. The Bertz CT molecular complexity index is 228. The molecule has 1 aliphatic heterocycles. The van der Waals surface area contributed by atoms with Crippen LogP contribution in [0.3, 0.4) is 0 Å². The molecule has 0 amide bonds. The van der Waals surface area contributed by atoms with Gasteiger partial charge in [0, 0.05) is 18.1 Å². The minimum Gasteiger partial charge on any atom is -0.379 e. The topological polar surface area (TPSA) is 26.3 Å². The van der Waals surface area contributed by atoms with Crippen LogP contribution < -0.4 is 0 Å². The fourth-order valence-corrected chi connectivity index (χ4v) is 3.23. The highest BCUT2D eigenvalue weighted by atomic mass is 32.2. The Hall–Kier alpha value is -0.0200. The Morgan fingerprint density at radius 2 is 2.00 bits per heavy atom. The van der Waals surface area contributed by atoms with Crippen molar-refractivity contribution in [3.05, 3.63) is 0 Å². The zero-order valence-corrected chi connectivity index (χ0v) is 9.44. The molecule has 0 bridgehead atoms. The summed E-state index contributed by atoms with van der Waals surface area (Å²) in [5.74, 6) is 5.94. The van der Waals surface area contributed by atoms with Crippen LogP contribution in [0.25, 0.3) is 0 Å². The normalized spacial score (nSPS) is 35.2. The van der Waals surface area contributed by atoms with Gasteiger partial charge in [-0.25, -0.2) is 0 Å². The Morgan fingerprint density at radius 3 is 2.46 bits per heavy atom.